The number of hydrogen-bond acceptors (Lipinski definition) is 2. The first-order valence-electron chi connectivity index (χ1n) is 4.19. The molecule has 12 heavy (non-hydrogen) atoms. The van der Waals surface area contributed by atoms with Crippen LogP contribution in [0.3, 0.4) is 0 Å². The maximum absolute atomic E-state index is 9.75. The minimum absolute atomic E-state index is 0.194. The average molecular weight is 164 g/mol. The number of benzene rings is 1. The molecule has 0 amide bonds. The highest BCUT2D eigenvalue weighted by Crippen LogP contribution is 2.34. The van der Waals surface area contributed by atoms with Crippen LogP contribution in [0.15, 0.2) is 24.3 Å². The van der Waals surface area contributed by atoms with Crippen molar-refractivity contribution in [3.05, 3.63) is 29.8 Å². The van der Waals surface area contributed by atoms with E-state index in [1.807, 2.05) is 31.2 Å². The first kappa shape index (κ1) is 7.62. The van der Waals surface area contributed by atoms with Gasteiger partial charge in [0.15, 0.2) is 0 Å². The highest BCUT2D eigenvalue weighted by Gasteiger charge is 2.24. The van der Waals surface area contributed by atoms with E-state index in [1.165, 1.54) is 0 Å². The lowest BCUT2D eigenvalue weighted by molar-refractivity contribution is 0.0604. The summed E-state index contributed by atoms with van der Waals surface area (Å²) in [6, 6.07) is 7.64. The molecule has 0 saturated carbocycles. The molecule has 2 heteroatoms. The zero-order chi connectivity index (χ0) is 8.55. The van der Waals surface area contributed by atoms with Crippen LogP contribution in [0.4, 0.5) is 0 Å². The van der Waals surface area contributed by atoms with Gasteiger partial charge in [0.05, 0.1) is 12.7 Å². The number of hydrogen-bond donors (Lipinski definition) is 1. The van der Waals surface area contributed by atoms with E-state index in [-0.39, 0.29) is 12.0 Å². The monoisotopic (exact) mass is 164 g/mol. The molecule has 1 aromatic carbocycles. The third kappa shape index (κ3) is 1.08. The Morgan fingerprint density at radius 1 is 1.42 bits per heavy atom. The van der Waals surface area contributed by atoms with Gasteiger partial charge in [0.1, 0.15) is 5.75 Å². The lowest BCUT2D eigenvalue weighted by atomic mass is 9.95. The molecule has 1 aromatic rings. The lowest BCUT2D eigenvalue weighted by Gasteiger charge is -2.27. The highest BCUT2D eigenvalue weighted by molar-refractivity contribution is 5.36. The molecular formula is C10H12O2. The topological polar surface area (TPSA) is 29.5 Å². The van der Waals surface area contributed by atoms with Crippen LogP contribution in [-0.4, -0.2) is 11.7 Å². The summed E-state index contributed by atoms with van der Waals surface area (Å²) in [4.78, 5) is 0. The van der Waals surface area contributed by atoms with E-state index in [9.17, 15) is 5.11 Å². The molecule has 0 aromatic heterocycles. The minimum atomic E-state index is -0.366. The molecule has 2 rings (SSSR count). The van der Waals surface area contributed by atoms with Gasteiger partial charge in [0.25, 0.3) is 0 Å². The van der Waals surface area contributed by atoms with Crippen molar-refractivity contribution in [1.29, 1.82) is 0 Å². The number of fused-ring (bicyclic) bond motifs is 1. The zero-order valence-electron chi connectivity index (χ0n) is 7.03. The molecule has 0 saturated heterocycles. The van der Waals surface area contributed by atoms with Gasteiger partial charge in [-0.15, -0.1) is 0 Å². The van der Waals surface area contributed by atoms with Crippen molar-refractivity contribution in [3.8, 4) is 5.75 Å². The van der Waals surface area contributed by atoms with Crippen LogP contribution in [0.5, 0.6) is 5.75 Å². The molecule has 0 fully saturated rings. The van der Waals surface area contributed by atoms with E-state index >= 15 is 0 Å². The molecule has 1 heterocycles. The molecule has 0 radical (unpaired) electrons. The Balaban J connectivity index is 2.42. The van der Waals surface area contributed by atoms with Crippen molar-refractivity contribution >= 4 is 0 Å². The third-order valence-corrected chi connectivity index (χ3v) is 2.28. The van der Waals surface area contributed by atoms with Gasteiger partial charge in [-0.3, -0.25) is 0 Å². The Labute approximate surface area is 71.8 Å². The summed E-state index contributed by atoms with van der Waals surface area (Å²) in [6.07, 6.45) is -0.366. The van der Waals surface area contributed by atoms with Crippen LogP contribution in [0.25, 0.3) is 0 Å². The summed E-state index contributed by atoms with van der Waals surface area (Å²) in [5.74, 6) is 1.02. The van der Waals surface area contributed by atoms with Gasteiger partial charge in [-0.25, -0.2) is 0 Å². The number of aliphatic hydroxyl groups excluding tert-OH is 1. The van der Waals surface area contributed by atoms with Gasteiger partial charge < -0.3 is 9.84 Å². The molecule has 64 valence electrons. The van der Waals surface area contributed by atoms with E-state index in [4.69, 9.17) is 4.74 Å². The predicted octanol–water partition coefficient (Wildman–Crippen LogP) is 1.75. The first-order valence-corrected chi connectivity index (χ1v) is 4.19. The Bertz CT molecular complexity index is 283. The van der Waals surface area contributed by atoms with Crippen molar-refractivity contribution in [2.24, 2.45) is 5.92 Å². The lowest BCUT2D eigenvalue weighted by Crippen LogP contribution is -2.23. The summed E-state index contributed by atoms with van der Waals surface area (Å²) >= 11 is 0. The van der Waals surface area contributed by atoms with Gasteiger partial charge in [0, 0.05) is 11.5 Å². The fraction of sp³-hybridized carbons (Fsp3) is 0.400. The second-order valence-corrected chi connectivity index (χ2v) is 3.27. The minimum Gasteiger partial charge on any atom is -0.493 e. The summed E-state index contributed by atoms with van der Waals surface area (Å²) in [5, 5.41) is 9.75. The highest BCUT2D eigenvalue weighted by atomic mass is 16.5. The Hall–Kier alpha value is -1.02. The first-order chi connectivity index (χ1) is 5.79. The van der Waals surface area contributed by atoms with Crippen LogP contribution in [0, 0.1) is 5.92 Å². The smallest absolute Gasteiger partial charge is 0.125 e. The third-order valence-electron chi connectivity index (χ3n) is 2.28. The van der Waals surface area contributed by atoms with E-state index in [2.05, 4.69) is 0 Å². The largest absolute Gasteiger partial charge is 0.493 e. The van der Waals surface area contributed by atoms with Crippen molar-refractivity contribution in [1.82, 2.24) is 0 Å². The SMILES string of the molecule is C[C@H]1COc2ccccc2[C@H]1O. The van der Waals surface area contributed by atoms with Crippen molar-refractivity contribution in [3.63, 3.8) is 0 Å². The van der Waals surface area contributed by atoms with E-state index in [0.717, 1.165) is 11.3 Å². The molecule has 0 spiro atoms. The van der Waals surface area contributed by atoms with Crippen molar-refractivity contribution < 1.29 is 9.84 Å². The van der Waals surface area contributed by atoms with Gasteiger partial charge >= 0.3 is 0 Å². The Kier molecular flexibility index (Phi) is 1.77. The van der Waals surface area contributed by atoms with Gasteiger partial charge in [-0.1, -0.05) is 25.1 Å². The maximum Gasteiger partial charge on any atom is 0.125 e. The average Bonchev–Trinajstić information content (AvgIpc) is 2.12. The van der Waals surface area contributed by atoms with Crippen LogP contribution in [0.1, 0.15) is 18.6 Å². The fourth-order valence-corrected chi connectivity index (χ4v) is 1.48. The maximum atomic E-state index is 9.75. The standard InChI is InChI=1S/C10H12O2/c1-7-6-12-9-5-3-2-4-8(9)10(7)11/h2-5,7,10-11H,6H2,1H3/t7-,10-/m0/s1. The normalized spacial score (nSPS) is 27.5. The Morgan fingerprint density at radius 2 is 2.17 bits per heavy atom. The van der Waals surface area contributed by atoms with E-state index < -0.39 is 0 Å². The second-order valence-electron chi connectivity index (χ2n) is 3.27. The van der Waals surface area contributed by atoms with Crippen LogP contribution >= 0.6 is 0 Å². The van der Waals surface area contributed by atoms with Crippen LogP contribution in [-0.2, 0) is 0 Å². The number of ether oxygens (including phenoxy) is 1. The van der Waals surface area contributed by atoms with E-state index in [0.29, 0.717) is 6.61 Å². The number of aliphatic hydroxyl groups is 1. The van der Waals surface area contributed by atoms with Crippen LogP contribution in [0.2, 0.25) is 0 Å². The molecular weight excluding hydrogens is 152 g/mol. The molecule has 0 bridgehead atoms. The summed E-state index contributed by atoms with van der Waals surface area (Å²) in [7, 11) is 0. The van der Waals surface area contributed by atoms with E-state index in [1.54, 1.807) is 0 Å². The molecule has 1 aliphatic heterocycles. The van der Waals surface area contributed by atoms with Crippen molar-refractivity contribution in [2.75, 3.05) is 6.61 Å². The summed E-state index contributed by atoms with van der Waals surface area (Å²) in [6.45, 7) is 2.60. The van der Waals surface area contributed by atoms with Crippen LogP contribution < -0.4 is 4.74 Å². The Morgan fingerprint density at radius 3 is 3.00 bits per heavy atom. The zero-order valence-corrected chi connectivity index (χ0v) is 7.03. The fourth-order valence-electron chi connectivity index (χ4n) is 1.48. The quantitative estimate of drug-likeness (QED) is 0.633. The summed E-state index contributed by atoms with van der Waals surface area (Å²) in [5.41, 5.74) is 0.913. The number of rotatable bonds is 0. The molecule has 1 N–H and O–H groups in total. The molecule has 2 atom stereocenters. The van der Waals surface area contributed by atoms with Gasteiger partial charge in [-0.05, 0) is 6.07 Å². The molecule has 0 aliphatic carbocycles. The predicted molar refractivity (Wildman–Crippen MR) is 46.1 cm³/mol. The number of para-hydroxylation sites is 1. The molecule has 2 nitrogen and oxygen atoms in total. The second kappa shape index (κ2) is 2.79. The van der Waals surface area contributed by atoms with Gasteiger partial charge in [0.2, 0.25) is 0 Å². The molecule has 0 unspecified atom stereocenters. The van der Waals surface area contributed by atoms with Gasteiger partial charge in [-0.2, -0.15) is 0 Å². The van der Waals surface area contributed by atoms with Crippen molar-refractivity contribution in [2.45, 2.75) is 13.0 Å². The molecule has 1 aliphatic rings. The summed E-state index contributed by atoms with van der Waals surface area (Å²) < 4.78 is 5.45.